The van der Waals surface area contributed by atoms with Crippen molar-refractivity contribution in [2.45, 2.75) is 31.1 Å². The van der Waals surface area contributed by atoms with Crippen molar-refractivity contribution in [3.63, 3.8) is 0 Å². The highest BCUT2D eigenvalue weighted by Crippen LogP contribution is 2.42. The van der Waals surface area contributed by atoms with Crippen LogP contribution < -0.4 is 5.32 Å². The lowest BCUT2D eigenvalue weighted by molar-refractivity contribution is 0.101. The molecule has 18 heavy (non-hydrogen) atoms. The van der Waals surface area contributed by atoms with E-state index in [2.05, 4.69) is 37.9 Å². The third-order valence-corrected chi connectivity index (χ3v) is 4.69. The number of likely N-dealkylation sites (tertiary alicyclic amines) is 1. The van der Waals surface area contributed by atoms with Crippen LogP contribution in [0.25, 0.3) is 0 Å². The SMILES string of the molecule is CN1CCCC(C2(c3nn[nH]n3)CCNCC2)C1. The zero-order chi connectivity index (χ0) is 12.4. The Morgan fingerprint density at radius 3 is 2.83 bits per heavy atom. The molecule has 2 N–H and O–H groups in total. The zero-order valence-electron chi connectivity index (χ0n) is 11.0. The van der Waals surface area contributed by atoms with Crippen LogP contribution in [0, 0.1) is 5.92 Å². The number of aromatic nitrogens is 4. The van der Waals surface area contributed by atoms with Crippen LogP contribution in [0.3, 0.4) is 0 Å². The molecule has 3 rings (SSSR count). The fourth-order valence-corrected chi connectivity index (χ4v) is 3.68. The largest absolute Gasteiger partial charge is 0.317 e. The molecule has 1 atom stereocenters. The van der Waals surface area contributed by atoms with Gasteiger partial charge in [0.1, 0.15) is 0 Å². The number of rotatable bonds is 2. The van der Waals surface area contributed by atoms with Crippen LogP contribution in [-0.4, -0.2) is 58.8 Å². The van der Waals surface area contributed by atoms with Gasteiger partial charge in [0.25, 0.3) is 0 Å². The zero-order valence-corrected chi connectivity index (χ0v) is 11.0. The summed E-state index contributed by atoms with van der Waals surface area (Å²) in [7, 11) is 2.22. The Morgan fingerprint density at radius 1 is 1.33 bits per heavy atom. The van der Waals surface area contributed by atoms with Crippen LogP contribution in [0.1, 0.15) is 31.5 Å². The molecule has 6 heteroatoms. The van der Waals surface area contributed by atoms with Gasteiger partial charge >= 0.3 is 0 Å². The van der Waals surface area contributed by atoms with E-state index in [-0.39, 0.29) is 5.41 Å². The third kappa shape index (κ3) is 2.03. The van der Waals surface area contributed by atoms with E-state index in [4.69, 9.17) is 0 Å². The van der Waals surface area contributed by atoms with Gasteiger partial charge in [0.2, 0.25) is 0 Å². The topological polar surface area (TPSA) is 69.7 Å². The first-order valence-corrected chi connectivity index (χ1v) is 6.94. The second kappa shape index (κ2) is 4.93. The van der Waals surface area contributed by atoms with Crippen molar-refractivity contribution in [1.82, 2.24) is 30.8 Å². The number of piperidine rings is 2. The molecule has 0 saturated carbocycles. The van der Waals surface area contributed by atoms with Crippen molar-refractivity contribution in [3.05, 3.63) is 5.82 Å². The molecule has 1 aromatic rings. The second-order valence-electron chi connectivity index (χ2n) is 5.74. The minimum Gasteiger partial charge on any atom is -0.317 e. The number of nitrogens with zero attached hydrogens (tertiary/aromatic N) is 4. The van der Waals surface area contributed by atoms with Crippen LogP contribution in [0.2, 0.25) is 0 Å². The highest BCUT2D eigenvalue weighted by atomic mass is 15.5. The molecule has 6 nitrogen and oxygen atoms in total. The van der Waals surface area contributed by atoms with E-state index in [0.29, 0.717) is 5.92 Å². The summed E-state index contributed by atoms with van der Waals surface area (Å²) in [6.45, 7) is 4.51. The highest BCUT2D eigenvalue weighted by Gasteiger charge is 2.45. The second-order valence-corrected chi connectivity index (χ2v) is 5.74. The summed E-state index contributed by atoms with van der Waals surface area (Å²) in [6, 6.07) is 0. The number of hydrogen-bond donors (Lipinski definition) is 2. The van der Waals surface area contributed by atoms with Gasteiger partial charge in [0.15, 0.2) is 5.82 Å². The lowest BCUT2D eigenvalue weighted by Gasteiger charge is -2.45. The first-order valence-electron chi connectivity index (χ1n) is 6.94. The van der Waals surface area contributed by atoms with Crippen LogP contribution >= 0.6 is 0 Å². The maximum atomic E-state index is 4.32. The van der Waals surface area contributed by atoms with Gasteiger partial charge in [0.05, 0.1) is 0 Å². The molecule has 2 saturated heterocycles. The summed E-state index contributed by atoms with van der Waals surface area (Å²) in [5, 5.41) is 18.5. The molecule has 100 valence electrons. The van der Waals surface area contributed by atoms with Gasteiger partial charge < -0.3 is 10.2 Å². The van der Waals surface area contributed by atoms with Crippen molar-refractivity contribution in [2.75, 3.05) is 33.2 Å². The molecule has 2 aliphatic heterocycles. The number of nitrogens with one attached hydrogen (secondary N) is 2. The number of aromatic amines is 1. The molecule has 0 amide bonds. The van der Waals surface area contributed by atoms with Crippen molar-refractivity contribution >= 4 is 0 Å². The molecule has 0 aromatic carbocycles. The standard InChI is InChI=1S/C12H22N6/c1-18-8-2-3-10(9-18)12(4-6-13-7-5-12)11-14-16-17-15-11/h10,13H,2-9H2,1H3,(H,14,15,16,17). The minimum atomic E-state index is 0.132. The molecule has 1 aromatic heterocycles. The van der Waals surface area contributed by atoms with E-state index in [1.807, 2.05) is 0 Å². The van der Waals surface area contributed by atoms with Crippen LogP contribution in [-0.2, 0) is 5.41 Å². The van der Waals surface area contributed by atoms with Gasteiger partial charge in [-0.15, -0.1) is 10.2 Å². The molecule has 2 aliphatic rings. The summed E-state index contributed by atoms with van der Waals surface area (Å²) < 4.78 is 0. The van der Waals surface area contributed by atoms with Gasteiger partial charge in [-0.2, -0.15) is 5.21 Å². The maximum Gasteiger partial charge on any atom is 0.181 e. The summed E-state index contributed by atoms with van der Waals surface area (Å²) in [5.41, 5.74) is 0.132. The van der Waals surface area contributed by atoms with E-state index in [9.17, 15) is 0 Å². The molecule has 2 fully saturated rings. The predicted molar refractivity (Wildman–Crippen MR) is 68.2 cm³/mol. The first kappa shape index (κ1) is 12.0. The fraction of sp³-hybridized carbons (Fsp3) is 0.917. The Labute approximate surface area is 108 Å². The molecule has 0 aliphatic carbocycles. The Kier molecular flexibility index (Phi) is 3.30. The maximum absolute atomic E-state index is 4.32. The minimum absolute atomic E-state index is 0.132. The molecule has 1 unspecified atom stereocenters. The summed E-state index contributed by atoms with van der Waals surface area (Å²) >= 11 is 0. The Balaban J connectivity index is 1.89. The summed E-state index contributed by atoms with van der Waals surface area (Å²) in [5.74, 6) is 1.60. The third-order valence-electron chi connectivity index (χ3n) is 4.69. The van der Waals surface area contributed by atoms with Crippen LogP contribution in [0.15, 0.2) is 0 Å². The van der Waals surface area contributed by atoms with E-state index in [0.717, 1.165) is 38.3 Å². The van der Waals surface area contributed by atoms with Gasteiger partial charge in [0, 0.05) is 12.0 Å². The molecule has 3 heterocycles. The van der Waals surface area contributed by atoms with E-state index >= 15 is 0 Å². The summed E-state index contributed by atoms with van der Waals surface area (Å²) in [4.78, 5) is 2.44. The Morgan fingerprint density at radius 2 is 2.17 bits per heavy atom. The van der Waals surface area contributed by atoms with Crippen LogP contribution in [0.4, 0.5) is 0 Å². The van der Waals surface area contributed by atoms with Crippen LogP contribution in [0.5, 0.6) is 0 Å². The quantitative estimate of drug-likeness (QED) is 0.782. The van der Waals surface area contributed by atoms with E-state index in [1.54, 1.807) is 0 Å². The average Bonchev–Trinajstić information content (AvgIpc) is 2.94. The smallest absolute Gasteiger partial charge is 0.181 e. The van der Waals surface area contributed by atoms with Crippen molar-refractivity contribution in [2.24, 2.45) is 5.92 Å². The monoisotopic (exact) mass is 250 g/mol. The normalized spacial score (nSPS) is 29.3. The number of hydrogen-bond acceptors (Lipinski definition) is 5. The van der Waals surface area contributed by atoms with Crippen molar-refractivity contribution in [1.29, 1.82) is 0 Å². The number of tetrazole rings is 1. The van der Waals surface area contributed by atoms with Crippen molar-refractivity contribution in [3.8, 4) is 0 Å². The molecule has 0 bridgehead atoms. The lowest BCUT2D eigenvalue weighted by atomic mass is 9.65. The predicted octanol–water partition coefficient (Wildman–Crippen LogP) is 0.163. The summed E-state index contributed by atoms with van der Waals surface area (Å²) in [6.07, 6.45) is 4.84. The average molecular weight is 250 g/mol. The van der Waals surface area contributed by atoms with E-state index in [1.165, 1.54) is 19.4 Å². The number of H-pyrrole nitrogens is 1. The van der Waals surface area contributed by atoms with Gasteiger partial charge in [-0.25, -0.2) is 0 Å². The Hall–Kier alpha value is -1.01. The van der Waals surface area contributed by atoms with E-state index < -0.39 is 0 Å². The lowest BCUT2D eigenvalue weighted by Crippen LogP contribution is -2.50. The van der Waals surface area contributed by atoms with Gasteiger partial charge in [-0.05, 0) is 58.3 Å². The molecule has 0 radical (unpaired) electrons. The fourth-order valence-electron chi connectivity index (χ4n) is 3.68. The highest BCUT2D eigenvalue weighted by molar-refractivity contribution is 5.11. The molecular weight excluding hydrogens is 228 g/mol. The Bertz CT molecular complexity index is 370. The molecular formula is C12H22N6. The molecule has 0 spiro atoms. The van der Waals surface area contributed by atoms with Gasteiger partial charge in [-0.1, -0.05) is 5.21 Å². The van der Waals surface area contributed by atoms with Gasteiger partial charge in [-0.3, -0.25) is 0 Å². The van der Waals surface area contributed by atoms with Crippen molar-refractivity contribution < 1.29 is 0 Å². The first-order chi connectivity index (χ1) is 8.81.